The molecule has 1 aromatic rings. The van der Waals surface area contributed by atoms with Gasteiger partial charge in [0.25, 0.3) is 0 Å². The molecule has 0 aromatic heterocycles. The van der Waals surface area contributed by atoms with Gasteiger partial charge in [-0.1, -0.05) is 55.3 Å². The van der Waals surface area contributed by atoms with E-state index in [4.69, 9.17) is 11.2 Å². The van der Waals surface area contributed by atoms with Gasteiger partial charge in [0.1, 0.15) is 0 Å². The Hall–Kier alpha value is -2.01. The highest BCUT2D eigenvalue weighted by Crippen LogP contribution is 2.19. The van der Waals surface area contributed by atoms with Gasteiger partial charge in [0.05, 0.1) is 5.92 Å². The van der Waals surface area contributed by atoms with Gasteiger partial charge < -0.3 is 4.74 Å². The molecule has 0 saturated carbocycles. The summed E-state index contributed by atoms with van der Waals surface area (Å²) < 4.78 is 4.98. The highest BCUT2D eigenvalue weighted by Gasteiger charge is 2.18. The van der Waals surface area contributed by atoms with Crippen LogP contribution in [0.15, 0.2) is 42.5 Å². The van der Waals surface area contributed by atoms with Crippen molar-refractivity contribution in [1.29, 1.82) is 0 Å². The van der Waals surface area contributed by atoms with Crippen LogP contribution in [0.4, 0.5) is 0 Å². The zero-order chi connectivity index (χ0) is 12.5. The van der Waals surface area contributed by atoms with Crippen molar-refractivity contribution in [3.63, 3.8) is 0 Å². The van der Waals surface area contributed by atoms with E-state index in [9.17, 15) is 4.79 Å². The molecule has 0 radical (unpaired) electrons. The zero-order valence-corrected chi connectivity index (χ0v) is 9.93. The fourth-order valence-corrected chi connectivity index (χ4v) is 1.46. The fraction of sp³-hybridized carbons (Fsp3) is 0.267. The molecular weight excluding hydrogens is 212 g/mol. The molecule has 1 aromatic carbocycles. The molecule has 0 amide bonds. The van der Waals surface area contributed by atoms with Crippen molar-refractivity contribution in [2.75, 3.05) is 6.61 Å². The maximum Gasteiger partial charge on any atom is 0.318 e. The van der Waals surface area contributed by atoms with Gasteiger partial charge in [-0.2, -0.15) is 0 Å². The summed E-state index contributed by atoms with van der Waals surface area (Å²) in [5.41, 5.74) is 0.916. The third-order valence-corrected chi connectivity index (χ3v) is 2.27. The number of allylic oxidation sites excluding steroid dienone is 1. The summed E-state index contributed by atoms with van der Waals surface area (Å²) in [7, 11) is 0. The van der Waals surface area contributed by atoms with Gasteiger partial charge in [-0.25, -0.2) is 0 Å². The van der Waals surface area contributed by atoms with E-state index in [2.05, 4.69) is 5.92 Å². The number of benzene rings is 1. The van der Waals surface area contributed by atoms with E-state index in [0.29, 0.717) is 0 Å². The lowest BCUT2D eigenvalue weighted by Crippen LogP contribution is -2.14. The molecule has 0 aliphatic carbocycles. The molecule has 1 atom stereocenters. The molecule has 0 aliphatic rings. The van der Waals surface area contributed by atoms with Crippen molar-refractivity contribution < 1.29 is 9.53 Å². The summed E-state index contributed by atoms with van der Waals surface area (Å²) in [6.07, 6.45) is 9.76. The summed E-state index contributed by atoms with van der Waals surface area (Å²) in [6, 6.07) is 9.52. The van der Waals surface area contributed by atoms with E-state index in [1.54, 1.807) is 0 Å². The molecule has 88 valence electrons. The van der Waals surface area contributed by atoms with Gasteiger partial charge >= 0.3 is 5.97 Å². The molecule has 0 saturated heterocycles. The quantitative estimate of drug-likeness (QED) is 0.440. The van der Waals surface area contributed by atoms with E-state index in [1.807, 2.05) is 49.4 Å². The molecule has 0 N–H and O–H groups in total. The minimum atomic E-state index is -0.371. The summed E-state index contributed by atoms with van der Waals surface area (Å²) in [4.78, 5) is 11.8. The number of carbonyl (C=O) groups is 1. The Morgan fingerprint density at radius 1 is 1.47 bits per heavy atom. The van der Waals surface area contributed by atoms with Crippen LogP contribution in [-0.2, 0) is 9.53 Å². The first-order valence-corrected chi connectivity index (χ1v) is 5.61. The molecule has 0 spiro atoms. The van der Waals surface area contributed by atoms with Crippen LogP contribution in [0.1, 0.15) is 24.8 Å². The van der Waals surface area contributed by atoms with Crippen LogP contribution >= 0.6 is 0 Å². The number of rotatable bonds is 5. The number of carbonyl (C=O) groups excluding carboxylic acids is 1. The van der Waals surface area contributed by atoms with E-state index in [-0.39, 0.29) is 18.5 Å². The molecule has 1 rings (SSSR count). The van der Waals surface area contributed by atoms with Crippen molar-refractivity contribution in [3.05, 3.63) is 48.0 Å². The summed E-state index contributed by atoms with van der Waals surface area (Å²) in [5.74, 6) is 1.62. The minimum Gasteiger partial charge on any atom is -0.452 e. The summed E-state index contributed by atoms with van der Waals surface area (Å²) >= 11 is 0. The van der Waals surface area contributed by atoms with Crippen molar-refractivity contribution in [3.8, 4) is 12.3 Å². The number of hydrogen-bond acceptors (Lipinski definition) is 2. The Morgan fingerprint density at radius 3 is 2.76 bits per heavy atom. The normalized spacial score (nSPS) is 12.0. The van der Waals surface area contributed by atoms with Gasteiger partial charge in [-0.3, -0.25) is 4.79 Å². The SMILES string of the molecule is C#CCOC(=O)C(C=CCC)c1ccccc1. The van der Waals surface area contributed by atoms with Crippen molar-refractivity contribution >= 4 is 5.97 Å². The van der Waals surface area contributed by atoms with Gasteiger partial charge in [-0.05, 0) is 12.0 Å². The Kier molecular flexibility index (Phi) is 5.60. The van der Waals surface area contributed by atoms with Crippen molar-refractivity contribution in [2.24, 2.45) is 0 Å². The highest BCUT2D eigenvalue weighted by atomic mass is 16.5. The molecule has 0 heterocycles. The second kappa shape index (κ2) is 7.29. The lowest BCUT2D eigenvalue weighted by Gasteiger charge is -2.11. The molecule has 17 heavy (non-hydrogen) atoms. The Balaban J connectivity index is 2.85. The third kappa shape index (κ3) is 4.16. The summed E-state index contributed by atoms with van der Waals surface area (Å²) in [6.45, 7) is 2.04. The Morgan fingerprint density at radius 2 is 2.18 bits per heavy atom. The average molecular weight is 228 g/mol. The van der Waals surface area contributed by atoms with Gasteiger partial charge in [0.15, 0.2) is 6.61 Å². The van der Waals surface area contributed by atoms with Gasteiger partial charge in [0.2, 0.25) is 0 Å². The summed E-state index contributed by atoms with van der Waals surface area (Å²) in [5, 5.41) is 0. The van der Waals surface area contributed by atoms with Crippen LogP contribution in [0.2, 0.25) is 0 Å². The maximum atomic E-state index is 11.8. The largest absolute Gasteiger partial charge is 0.452 e. The topological polar surface area (TPSA) is 26.3 Å². The average Bonchev–Trinajstić information content (AvgIpc) is 2.38. The van der Waals surface area contributed by atoms with Crippen LogP contribution in [0, 0.1) is 12.3 Å². The van der Waals surface area contributed by atoms with Crippen molar-refractivity contribution in [1.82, 2.24) is 0 Å². The lowest BCUT2D eigenvalue weighted by molar-refractivity contribution is -0.142. The lowest BCUT2D eigenvalue weighted by atomic mass is 9.98. The number of hydrogen-bond donors (Lipinski definition) is 0. The predicted octanol–water partition coefficient (Wildman–Crippen LogP) is 2.91. The second-order valence-electron chi connectivity index (χ2n) is 3.54. The molecule has 0 bridgehead atoms. The van der Waals surface area contributed by atoms with Gasteiger partial charge in [0, 0.05) is 0 Å². The Labute approximate surface area is 102 Å². The number of esters is 1. The number of ether oxygens (including phenoxy) is 1. The molecular formula is C15H16O2. The standard InChI is InChI=1S/C15H16O2/c1-3-5-11-14(15(16)17-12-4-2)13-9-7-6-8-10-13/h2,5-11,14H,3,12H2,1H3. The minimum absolute atomic E-state index is 0.0160. The highest BCUT2D eigenvalue weighted by molar-refractivity contribution is 5.80. The predicted molar refractivity (Wildman–Crippen MR) is 68.4 cm³/mol. The zero-order valence-electron chi connectivity index (χ0n) is 9.93. The smallest absolute Gasteiger partial charge is 0.318 e. The van der Waals surface area contributed by atoms with Crippen LogP contribution in [0.25, 0.3) is 0 Å². The maximum absolute atomic E-state index is 11.8. The van der Waals surface area contributed by atoms with E-state index in [0.717, 1.165) is 12.0 Å². The molecule has 1 unspecified atom stereocenters. The van der Waals surface area contributed by atoms with E-state index >= 15 is 0 Å². The van der Waals surface area contributed by atoms with Crippen LogP contribution in [0.3, 0.4) is 0 Å². The van der Waals surface area contributed by atoms with Crippen LogP contribution in [-0.4, -0.2) is 12.6 Å². The molecule has 0 fully saturated rings. The van der Waals surface area contributed by atoms with Crippen molar-refractivity contribution in [2.45, 2.75) is 19.3 Å². The molecule has 2 nitrogen and oxygen atoms in total. The van der Waals surface area contributed by atoms with E-state index in [1.165, 1.54) is 0 Å². The molecule has 2 heteroatoms. The first-order valence-electron chi connectivity index (χ1n) is 5.61. The second-order valence-corrected chi connectivity index (χ2v) is 3.54. The third-order valence-electron chi connectivity index (χ3n) is 2.27. The van der Waals surface area contributed by atoms with E-state index < -0.39 is 0 Å². The number of terminal acetylenes is 1. The first-order chi connectivity index (χ1) is 8.29. The Bertz CT molecular complexity index is 412. The fourth-order valence-electron chi connectivity index (χ4n) is 1.46. The van der Waals surface area contributed by atoms with Crippen LogP contribution in [0.5, 0.6) is 0 Å². The first kappa shape index (κ1) is 13.1. The molecule has 0 aliphatic heterocycles. The van der Waals surface area contributed by atoms with Gasteiger partial charge in [-0.15, -0.1) is 6.42 Å². The van der Waals surface area contributed by atoms with Crippen LogP contribution < -0.4 is 0 Å². The monoisotopic (exact) mass is 228 g/mol.